The molecule has 0 fully saturated rings. The highest BCUT2D eigenvalue weighted by atomic mass is 16.7. The van der Waals surface area contributed by atoms with E-state index in [0.717, 1.165) is 0 Å². The number of aliphatic carboxylic acids is 1. The number of nitrogens with zero attached hydrogens (tertiary/aromatic N) is 1. The first-order chi connectivity index (χ1) is 12.9. The molecule has 1 aliphatic rings. The normalized spacial score (nSPS) is 12.9. The Morgan fingerprint density at radius 1 is 1.19 bits per heavy atom. The van der Waals surface area contributed by atoms with Gasteiger partial charge < -0.3 is 24.6 Å². The van der Waals surface area contributed by atoms with E-state index in [1.807, 2.05) is 0 Å². The highest BCUT2D eigenvalue weighted by Gasteiger charge is 2.22. The number of hydrogen-bond acceptors (Lipinski definition) is 7. The topological polar surface area (TPSA) is 137 Å². The Bertz CT molecular complexity index is 881. The van der Waals surface area contributed by atoms with Gasteiger partial charge in [-0.25, -0.2) is 4.79 Å². The van der Waals surface area contributed by atoms with E-state index >= 15 is 0 Å². The number of non-ortho nitro benzene ring substituents is 1. The molecule has 0 aliphatic carbocycles. The average Bonchev–Trinajstić information content (AvgIpc) is 3.09. The van der Waals surface area contributed by atoms with Crippen LogP contribution in [-0.2, 0) is 4.79 Å². The van der Waals surface area contributed by atoms with E-state index in [1.54, 1.807) is 18.2 Å². The summed E-state index contributed by atoms with van der Waals surface area (Å²) in [5, 5.41) is 22.2. The zero-order chi connectivity index (χ0) is 19.4. The zero-order valence-electron chi connectivity index (χ0n) is 13.8. The molecule has 0 saturated carbocycles. The lowest BCUT2D eigenvalue weighted by atomic mass is 10.0. The van der Waals surface area contributed by atoms with Crippen molar-refractivity contribution in [2.45, 2.75) is 12.5 Å². The van der Waals surface area contributed by atoms with Crippen molar-refractivity contribution in [3.05, 3.63) is 58.1 Å². The van der Waals surface area contributed by atoms with E-state index in [9.17, 15) is 19.7 Å². The minimum atomic E-state index is -1.12. The number of nitro benzene ring substituents is 1. The van der Waals surface area contributed by atoms with Crippen LogP contribution in [0.5, 0.6) is 17.2 Å². The molecule has 10 nitrogen and oxygen atoms in total. The lowest BCUT2D eigenvalue weighted by Gasteiger charge is -2.17. The second-order valence-electron chi connectivity index (χ2n) is 5.55. The van der Waals surface area contributed by atoms with E-state index in [0.29, 0.717) is 17.1 Å². The first kappa shape index (κ1) is 18.0. The van der Waals surface area contributed by atoms with Gasteiger partial charge in [0, 0.05) is 12.1 Å². The maximum Gasteiger partial charge on any atom is 0.413 e. The van der Waals surface area contributed by atoms with Gasteiger partial charge in [-0.1, -0.05) is 6.07 Å². The Morgan fingerprint density at radius 2 is 1.89 bits per heavy atom. The van der Waals surface area contributed by atoms with Crippen molar-refractivity contribution in [3.8, 4) is 17.2 Å². The van der Waals surface area contributed by atoms with Gasteiger partial charge in [0.05, 0.1) is 17.4 Å². The molecule has 0 aromatic heterocycles. The molecular formula is C17H14N2O8. The molecule has 1 heterocycles. The number of nitrogens with one attached hydrogen (secondary N) is 1. The van der Waals surface area contributed by atoms with Gasteiger partial charge in [0.15, 0.2) is 11.5 Å². The number of benzene rings is 2. The third-order valence-electron chi connectivity index (χ3n) is 3.73. The lowest BCUT2D eigenvalue weighted by Crippen LogP contribution is -2.32. The predicted octanol–water partition coefficient (Wildman–Crippen LogP) is 2.63. The molecule has 1 amide bonds. The van der Waals surface area contributed by atoms with Gasteiger partial charge in [-0.3, -0.25) is 14.9 Å². The van der Waals surface area contributed by atoms with Crippen LogP contribution < -0.4 is 19.5 Å². The van der Waals surface area contributed by atoms with E-state index < -0.39 is 23.0 Å². The monoisotopic (exact) mass is 374 g/mol. The summed E-state index contributed by atoms with van der Waals surface area (Å²) in [7, 11) is 0. The molecule has 27 heavy (non-hydrogen) atoms. The summed E-state index contributed by atoms with van der Waals surface area (Å²) >= 11 is 0. The van der Waals surface area contributed by atoms with Crippen LogP contribution in [0.1, 0.15) is 18.0 Å². The van der Waals surface area contributed by atoms with Crippen molar-refractivity contribution in [2.24, 2.45) is 0 Å². The maximum absolute atomic E-state index is 12.1. The number of ether oxygens (including phenoxy) is 3. The molecule has 2 N–H and O–H groups in total. The minimum absolute atomic E-state index is 0.0675. The molecule has 3 rings (SSSR count). The molecule has 1 atom stereocenters. The summed E-state index contributed by atoms with van der Waals surface area (Å²) in [5.74, 6) is -0.0547. The summed E-state index contributed by atoms with van der Waals surface area (Å²) < 4.78 is 15.5. The fraction of sp³-hybridized carbons (Fsp3) is 0.176. The Labute approximate surface area is 152 Å². The Hall–Kier alpha value is -3.82. The van der Waals surface area contributed by atoms with Crippen molar-refractivity contribution in [3.63, 3.8) is 0 Å². The molecule has 0 saturated heterocycles. The maximum atomic E-state index is 12.1. The first-order valence-corrected chi connectivity index (χ1v) is 7.76. The molecule has 0 bridgehead atoms. The number of nitro groups is 1. The fourth-order valence-electron chi connectivity index (χ4n) is 2.47. The summed E-state index contributed by atoms with van der Waals surface area (Å²) in [4.78, 5) is 33.3. The highest BCUT2D eigenvalue weighted by Crippen LogP contribution is 2.34. The zero-order valence-corrected chi connectivity index (χ0v) is 13.8. The highest BCUT2D eigenvalue weighted by molar-refractivity contribution is 5.73. The first-order valence-electron chi connectivity index (χ1n) is 7.76. The minimum Gasteiger partial charge on any atom is -0.481 e. The van der Waals surface area contributed by atoms with Crippen molar-refractivity contribution in [2.75, 3.05) is 6.79 Å². The fourth-order valence-corrected chi connectivity index (χ4v) is 2.47. The number of rotatable bonds is 6. The summed E-state index contributed by atoms with van der Waals surface area (Å²) in [6, 6.07) is 8.87. The number of hydrogen-bond donors (Lipinski definition) is 2. The number of carboxylic acids is 1. The van der Waals surface area contributed by atoms with Crippen LogP contribution in [0.2, 0.25) is 0 Å². The van der Waals surface area contributed by atoms with Gasteiger partial charge in [-0.15, -0.1) is 0 Å². The molecule has 0 spiro atoms. The Kier molecular flexibility index (Phi) is 5.06. The number of carbonyl (C=O) groups is 2. The van der Waals surface area contributed by atoms with Gasteiger partial charge in [-0.05, 0) is 29.8 Å². The summed E-state index contributed by atoms with van der Waals surface area (Å²) in [6.07, 6.45) is -1.28. The SMILES string of the molecule is O=C(O)CC(NC(=O)Oc1ccc([N+](=O)[O-])cc1)c1ccc2c(c1)OCO2. The van der Waals surface area contributed by atoms with Crippen molar-refractivity contribution >= 4 is 17.7 Å². The van der Waals surface area contributed by atoms with Gasteiger partial charge in [-0.2, -0.15) is 0 Å². The molecule has 1 unspecified atom stereocenters. The number of amides is 1. The quantitative estimate of drug-likeness (QED) is 0.581. The third-order valence-corrected chi connectivity index (χ3v) is 3.73. The predicted molar refractivity (Wildman–Crippen MR) is 89.8 cm³/mol. The van der Waals surface area contributed by atoms with Crippen molar-refractivity contribution in [1.82, 2.24) is 5.32 Å². The average molecular weight is 374 g/mol. The van der Waals surface area contributed by atoms with E-state index in [2.05, 4.69) is 5.32 Å². The van der Waals surface area contributed by atoms with Crippen LogP contribution in [0.3, 0.4) is 0 Å². The molecule has 10 heteroatoms. The third kappa shape index (κ3) is 4.42. The van der Waals surface area contributed by atoms with E-state index in [-0.39, 0.29) is 24.7 Å². The molecule has 0 radical (unpaired) electrons. The van der Waals surface area contributed by atoms with E-state index in [1.165, 1.54) is 24.3 Å². The molecule has 2 aromatic rings. The number of carbonyl (C=O) groups excluding carboxylic acids is 1. The van der Waals surface area contributed by atoms with Gasteiger partial charge >= 0.3 is 12.1 Å². The van der Waals surface area contributed by atoms with Gasteiger partial charge in [0.1, 0.15) is 5.75 Å². The van der Waals surface area contributed by atoms with Crippen LogP contribution in [0.25, 0.3) is 0 Å². The standard InChI is InChI=1S/C17H14N2O8/c20-16(21)8-13(10-1-6-14-15(7-10)26-9-25-14)18-17(22)27-12-4-2-11(3-5-12)19(23)24/h1-7,13H,8-9H2,(H,18,22)(H,20,21). The molecule has 2 aromatic carbocycles. The van der Waals surface area contributed by atoms with Crippen LogP contribution in [-0.4, -0.2) is 28.9 Å². The van der Waals surface area contributed by atoms with E-state index in [4.69, 9.17) is 19.3 Å². The Morgan fingerprint density at radius 3 is 2.56 bits per heavy atom. The second-order valence-corrected chi connectivity index (χ2v) is 5.55. The lowest BCUT2D eigenvalue weighted by molar-refractivity contribution is -0.384. The Balaban J connectivity index is 1.71. The number of fused-ring (bicyclic) bond motifs is 1. The largest absolute Gasteiger partial charge is 0.481 e. The molecule has 140 valence electrons. The van der Waals surface area contributed by atoms with Crippen molar-refractivity contribution in [1.29, 1.82) is 0 Å². The number of carboxylic acid groups (broad SMARTS) is 1. The summed E-state index contributed by atoms with van der Waals surface area (Å²) in [6.45, 7) is 0.0675. The molecule has 1 aliphatic heterocycles. The van der Waals surface area contributed by atoms with Crippen LogP contribution >= 0.6 is 0 Å². The van der Waals surface area contributed by atoms with Gasteiger partial charge in [0.25, 0.3) is 5.69 Å². The van der Waals surface area contributed by atoms with Crippen LogP contribution in [0.15, 0.2) is 42.5 Å². The van der Waals surface area contributed by atoms with Crippen LogP contribution in [0, 0.1) is 10.1 Å². The van der Waals surface area contributed by atoms with Gasteiger partial charge in [0.2, 0.25) is 6.79 Å². The second kappa shape index (κ2) is 7.60. The molecular weight excluding hydrogens is 360 g/mol. The van der Waals surface area contributed by atoms with Crippen molar-refractivity contribution < 1.29 is 33.8 Å². The smallest absolute Gasteiger partial charge is 0.413 e. The van der Waals surface area contributed by atoms with Crippen LogP contribution in [0.4, 0.5) is 10.5 Å². The summed E-state index contributed by atoms with van der Waals surface area (Å²) in [5.41, 5.74) is 0.356.